The summed E-state index contributed by atoms with van der Waals surface area (Å²) in [6.07, 6.45) is 1.66. The average molecular weight is 287 g/mol. The van der Waals surface area contributed by atoms with Gasteiger partial charge in [-0.15, -0.1) is 0 Å². The van der Waals surface area contributed by atoms with Crippen molar-refractivity contribution in [2.24, 2.45) is 5.73 Å². The van der Waals surface area contributed by atoms with E-state index in [-0.39, 0.29) is 5.91 Å². The molecule has 0 fully saturated rings. The highest BCUT2D eigenvalue weighted by Crippen LogP contribution is 2.14. The molecule has 112 valence electrons. The molecule has 0 saturated carbocycles. The van der Waals surface area contributed by atoms with E-state index in [0.717, 1.165) is 22.6 Å². The van der Waals surface area contributed by atoms with Gasteiger partial charge in [0.25, 0.3) is 0 Å². The second-order valence-electron chi connectivity index (χ2n) is 5.08. The molecule has 1 aromatic carbocycles. The molecule has 1 amide bonds. The highest BCUT2D eigenvalue weighted by Gasteiger charge is 2.11. The summed E-state index contributed by atoms with van der Waals surface area (Å²) >= 11 is 0. The first-order chi connectivity index (χ1) is 10.1. The minimum atomic E-state index is -0.0560. The molecule has 0 saturated heterocycles. The lowest BCUT2D eigenvalue weighted by atomic mass is 10.2. The Kier molecular flexibility index (Phi) is 5.14. The van der Waals surface area contributed by atoms with Crippen molar-refractivity contribution in [2.45, 2.75) is 20.0 Å². The van der Waals surface area contributed by atoms with Gasteiger partial charge in [-0.3, -0.25) is 9.69 Å². The van der Waals surface area contributed by atoms with Gasteiger partial charge in [0.15, 0.2) is 0 Å². The molecule has 0 aliphatic heterocycles. The largest absolute Gasteiger partial charge is 0.469 e. The summed E-state index contributed by atoms with van der Waals surface area (Å²) < 4.78 is 5.26. The van der Waals surface area contributed by atoms with Gasteiger partial charge in [-0.25, -0.2) is 0 Å². The van der Waals surface area contributed by atoms with Gasteiger partial charge in [0, 0.05) is 24.3 Å². The van der Waals surface area contributed by atoms with Crippen molar-refractivity contribution in [2.75, 3.05) is 18.9 Å². The minimum absolute atomic E-state index is 0.0560. The Morgan fingerprint density at radius 1 is 1.29 bits per heavy atom. The van der Waals surface area contributed by atoms with Crippen LogP contribution in [0.15, 0.2) is 41.0 Å². The van der Waals surface area contributed by atoms with Crippen LogP contribution in [-0.4, -0.2) is 24.4 Å². The van der Waals surface area contributed by atoms with Crippen LogP contribution in [-0.2, 0) is 17.9 Å². The summed E-state index contributed by atoms with van der Waals surface area (Å²) in [5.41, 5.74) is 8.46. The van der Waals surface area contributed by atoms with Gasteiger partial charge in [0.1, 0.15) is 5.76 Å². The number of aryl methyl sites for hydroxylation is 1. The highest BCUT2D eigenvalue weighted by molar-refractivity contribution is 5.92. The number of para-hydroxylation sites is 1. The Hall–Kier alpha value is -2.11. The van der Waals surface area contributed by atoms with Crippen molar-refractivity contribution >= 4 is 11.6 Å². The molecule has 0 aliphatic carbocycles. The fraction of sp³-hybridized carbons (Fsp3) is 0.312. The third-order valence-electron chi connectivity index (χ3n) is 3.33. The standard InChI is InChI=1S/C16H21N3O2/c1-12-14(7-8-21-12)10-19(2)11-16(20)18-15-6-4-3-5-13(15)9-17/h3-8H,9-11,17H2,1-2H3,(H,18,20). The molecule has 2 aromatic rings. The third kappa shape index (κ3) is 4.18. The number of benzene rings is 1. The predicted octanol–water partition coefficient (Wildman–Crippen LogP) is 2.12. The van der Waals surface area contributed by atoms with Crippen LogP contribution in [0.1, 0.15) is 16.9 Å². The molecule has 3 N–H and O–H groups in total. The monoisotopic (exact) mass is 287 g/mol. The lowest BCUT2D eigenvalue weighted by Gasteiger charge is -2.16. The topological polar surface area (TPSA) is 71.5 Å². The van der Waals surface area contributed by atoms with Crippen molar-refractivity contribution < 1.29 is 9.21 Å². The van der Waals surface area contributed by atoms with Crippen LogP contribution in [0, 0.1) is 6.92 Å². The van der Waals surface area contributed by atoms with Gasteiger partial charge in [-0.2, -0.15) is 0 Å². The van der Waals surface area contributed by atoms with Gasteiger partial charge in [0.2, 0.25) is 5.91 Å². The van der Waals surface area contributed by atoms with E-state index in [4.69, 9.17) is 10.2 Å². The number of likely N-dealkylation sites (N-methyl/N-ethyl adjacent to an activating group) is 1. The second kappa shape index (κ2) is 7.06. The summed E-state index contributed by atoms with van der Waals surface area (Å²) in [4.78, 5) is 14.0. The Bertz CT molecular complexity index is 607. The molecular formula is C16H21N3O2. The van der Waals surface area contributed by atoms with E-state index in [1.807, 2.05) is 49.2 Å². The number of nitrogens with two attached hydrogens (primary N) is 1. The van der Waals surface area contributed by atoms with Crippen LogP contribution in [0.2, 0.25) is 0 Å². The zero-order valence-corrected chi connectivity index (χ0v) is 12.4. The number of hydrogen-bond acceptors (Lipinski definition) is 4. The summed E-state index contributed by atoms with van der Waals surface area (Å²) in [6.45, 7) is 3.30. The first kappa shape index (κ1) is 15.3. The molecule has 0 atom stereocenters. The summed E-state index contributed by atoms with van der Waals surface area (Å²) in [7, 11) is 1.90. The Morgan fingerprint density at radius 2 is 2.05 bits per heavy atom. The van der Waals surface area contributed by atoms with E-state index in [9.17, 15) is 4.79 Å². The zero-order chi connectivity index (χ0) is 15.2. The molecule has 1 heterocycles. The molecule has 21 heavy (non-hydrogen) atoms. The van der Waals surface area contributed by atoms with Gasteiger partial charge in [-0.05, 0) is 31.7 Å². The summed E-state index contributed by atoms with van der Waals surface area (Å²) in [5, 5.41) is 2.90. The van der Waals surface area contributed by atoms with Crippen LogP contribution in [0.4, 0.5) is 5.69 Å². The van der Waals surface area contributed by atoms with Gasteiger partial charge in [0.05, 0.1) is 12.8 Å². The molecule has 0 spiro atoms. The molecule has 0 bridgehead atoms. The van der Waals surface area contributed by atoms with Crippen molar-refractivity contribution in [1.82, 2.24) is 4.90 Å². The number of carbonyl (C=O) groups excluding carboxylic acids is 1. The molecule has 1 aromatic heterocycles. The van der Waals surface area contributed by atoms with Crippen LogP contribution in [0.3, 0.4) is 0 Å². The number of carbonyl (C=O) groups is 1. The van der Waals surface area contributed by atoms with E-state index >= 15 is 0 Å². The average Bonchev–Trinajstić information content (AvgIpc) is 2.84. The summed E-state index contributed by atoms with van der Waals surface area (Å²) in [5.74, 6) is 0.829. The maximum absolute atomic E-state index is 12.1. The number of nitrogens with one attached hydrogen (secondary N) is 1. The van der Waals surface area contributed by atoms with E-state index < -0.39 is 0 Å². The lowest BCUT2D eigenvalue weighted by molar-refractivity contribution is -0.117. The Labute approximate surface area is 124 Å². The maximum atomic E-state index is 12.1. The third-order valence-corrected chi connectivity index (χ3v) is 3.33. The molecule has 5 heteroatoms. The second-order valence-corrected chi connectivity index (χ2v) is 5.08. The van der Waals surface area contributed by atoms with E-state index in [0.29, 0.717) is 19.6 Å². The molecule has 0 radical (unpaired) electrons. The van der Waals surface area contributed by atoms with Gasteiger partial charge >= 0.3 is 0 Å². The molecule has 0 aliphatic rings. The number of hydrogen-bond donors (Lipinski definition) is 2. The van der Waals surface area contributed by atoms with Crippen molar-refractivity contribution in [3.05, 3.63) is 53.5 Å². The van der Waals surface area contributed by atoms with Crippen LogP contribution < -0.4 is 11.1 Å². The Balaban J connectivity index is 1.91. The van der Waals surface area contributed by atoms with E-state index in [2.05, 4.69) is 5.32 Å². The van der Waals surface area contributed by atoms with E-state index in [1.165, 1.54) is 0 Å². The number of nitrogens with zero attached hydrogens (tertiary/aromatic N) is 1. The quantitative estimate of drug-likeness (QED) is 0.853. The normalized spacial score (nSPS) is 10.9. The fourth-order valence-electron chi connectivity index (χ4n) is 2.18. The van der Waals surface area contributed by atoms with Crippen LogP contribution in [0.25, 0.3) is 0 Å². The number of anilines is 1. The smallest absolute Gasteiger partial charge is 0.238 e. The fourth-order valence-corrected chi connectivity index (χ4v) is 2.18. The zero-order valence-electron chi connectivity index (χ0n) is 12.4. The number of amides is 1. The van der Waals surface area contributed by atoms with Crippen molar-refractivity contribution in [3.8, 4) is 0 Å². The van der Waals surface area contributed by atoms with Gasteiger partial charge < -0.3 is 15.5 Å². The molecule has 5 nitrogen and oxygen atoms in total. The lowest BCUT2D eigenvalue weighted by Crippen LogP contribution is -2.30. The van der Waals surface area contributed by atoms with Crippen molar-refractivity contribution in [3.63, 3.8) is 0 Å². The van der Waals surface area contributed by atoms with Crippen LogP contribution in [0.5, 0.6) is 0 Å². The van der Waals surface area contributed by atoms with Gasteiger partial charge in [-0.1, -0.05) is 18.2 Å². The SMILES string of the molecule is Cc1occc1CN(C)CC(=O)Nc1ccccc1CN. The first-order valence-electron chi connectivity index (χ1n) is 6.89. The minimum Gasteiger partial charge on any atom is -0.469 e. The number of rotatable bonds is 6. The maximum Gasteiger partial charge on any atom is 0.238 e. The van der Waals surface area contributed by atoms with Crippen molar-refractivity contribution in [1.29, 1.82) is 0 Å². The summed E-state index contributed by atoms with van der Waals surface area (Å²) in [6, 6.07) is 9.49. The molecule has 2 rings (SSSR count). The number of furan rings is 1. The van der Waals surface area contributed by atoms with E-state index in [1.54, 1.807) is 6.26 Å². The first-order valence-corrected chi connectivity index (χ1v) is 6.89. The predicted molar refractivity (Wildman–Crippen MR) is 82.7 cm³/mol. The Morgan fingerprint density at radius 3 is 2.71 bits per heavy atom. The highest BCUT2D eigenvalue weighted by atomic mass is 16.3. The molecule has 0 unspecified atom stereocenters. The molecular weight excluding hydrogens is 266 g/mol. The van der Waals surface area contributed by atoms with Crippen LogP contribution >= 0.6 is 0 Å².